The van der Waals surface area contributed by atoms with E-state index in [1.165, 1.54) is 17.4 Å². The van der Waals surface area contributed by atoms with Crippen LogP contribution in [0.2, 0.25) is 5.02 Å². The lowest BCUT2D eigenvalue weighted by Gasteiger charge is -2.11. The molecule has 0 spiro atoms. The van der Waals surface area contributed by atoms with Gasteiger partial charge in [0.15, 0.2) is 0 Å². The van der Waals surface area contributed by atoms with Gasteiger partial charge in [0, 0.05) is 38.4 Å². The number of thiophene rings is 1. The van der Waals surface area contributed by atoms with Crippen molar-refractivity contribution in [2.24, 2.45) is 0 Å². The minimum Gasteiger partial charge on any atom is -0.496 e. The van der Waals surface area contributed by atoms with E-state index in [4.69, 9.17) is 26.8 Å². The number of nitrogens with two attached hydrogens (primary N) is 1. The SMILES string of the molecule is CCOC(=O)/C=C/c1scc(-c2ccc(Cl)cc2OC)c1-c1ccc(N)cc1. The number of carbonyl (C=O) groups excluding carboxylic acids is 1. The van der Waals surface area contributed by atoms with Gasteiger partial charge in [-0.05, 0) is 54.3 Å². The molecular formula is C22H20ClNO3S. The lowest BCUT2D eigenvalue weighted by atomic mass is 9.96. The van der Waals surface area contributed by atoms with Gasteiger partial charge in [0.1, 0.15) is 5.75 Å². The number of nitrogen functional groups attached to an aromatic ring is 1. The second kappa shape index (κ2) is 8.95. The molecule has 0 atom stereocenters. The Labute approximate surface area is 173 Å². The summed E-state index contributed by atoms with van der Waals surface area (Å²) in [5.41, 5.74) is 10.4. The molecule has 2 N–H and O–H groups in total. The largest absolute Gasteiger partial charge is 0.496 e. The summed E-state index contributed by atoms with van der Waals surface area (Å²) in [4.78, 5) is 12.7. The highest BCUT2D eigenvalue weighted by atomic mass is 35.5. The minimum atomic E-state index is -0.371. The van der Waals surface area contributed by atoms with E-state index in [-0.39, 0.29) is 5.97 Å². The summed E-state index contributed by atoms with van der Waals surface area (Å²) in [6.45, 7) is 2.12. The van der Waals surface area contributed by atoms with E-state index >= 15 is 0 Å². The number of ether oxygens (including phenoxy) is 2. The van der Waals surface area contributed by atoms with E-state index in [0.717, 1.165) is 27.1 Å². The van der Waals surface area contributed by atoms with Gasteiger partial charge in [0.2, 0.25) is 0 Å². The Bertz CT molecular complexity index is 1010. The van der Waals surface area contributed by atoms with E-state index in [0.29, 0.717) is 23.1 Å². The lowest BCUT2D eigenvalue weighted by molar-refractivity contribution is -0.137. The van der Waals surface area contributed by atoms with Crippen LogP contribution in [-0.2, 0) is 9.53 Å². The van der Waals surface area contributed by atoms with Gasteiger partial charge < -0.3 is 15.2 Å². The highest BCUT2D eigenvalue weighted by Gasteiger charge is 2.17. The third kappa shape index (κ3) is 4.38. The maximum absolute atomic E-state index is 11.8. The molecular weight excluding hydrogens is 394 g/mol. The monoisotopic (exact) mass is 413 g/mol. The Balaban J connectivity index is 2.16. The van der Waals surface area contributed by atoms with Crippen molar-refractivity contribution in [2.75, 3.05) is 19.5 Å². The molecule has 0 radical (unpaired) electrons. The zero-order chi connectivity index (χ0) is 20.1. The van der Waals surface area contributed by atoms with Crippen molar-refractivity contribution < 1.29 is 14.3 Å². The van der Waals surface area contributed by atoms with Crippen LogP contribution in [-0.4, -0.2) is 19.7 Å². The molecule has 28 heavy (non-hydrogen) atoms. The minimum absolute atomic E-state index is 0.339. The Morgan fingerprint density at radius 2 is 1.93 bits per heavy atom. The second-order valence-electron chi connectivity index (χ2n) is 5.94. The maximum atomic E-state index is 11.8. The molecule has 2 aromatic carbocycles. The summed E-state index contributed by atoms with van der Waals surface area (Å²) in [6, 6.07) is 13.2. The number of hydrogen-bond donors (Lipinski definition) is 1. The van der Waals surface area contributed by atoms with Gasteiger partial charge in [-0.1, -0.05) is 23.7 Å². The van der Waals surface area contributed by atoms with Crippen molar-refractivity contribution in [3.63, 3.8) is 0 Å². The molecule has 1 aromatic heterocycles. The van der Waals surface area contributed by atoms with Crippen molar-refractivity contribution in [3.05, 3.63) is 63.8 Å². The van der Waals surface area contributed by atoms with Crippen LogP contribution in [0, 0.1) is 0 Å². The summed E-state index contributed by atoms with van der Waals surface area (Å²) in [7, 11) is 1.62. The summed E-state index contributed by atoms with van der Waals surface area (Å²) in [5.74, 6) is 0.313. The zero-order valence-corrected chi connectivity index (χ0v) is 17.1. The number of carbonyl (C=O) groups is 1. The average Bonchev–Trinajstić information content (AvgIpc) is 3.10. The molecule has 144 valence electrons. The number of methoxy groups -OCH3 is 1. The van der Waals surface area contributed by atoms with Crippen molar-refractivity contribution >= 4 is 40.7 Å². The van der Waals surface area contributed by atoms with E-state index in [2.05, 4.69) is 0 Å². The summed E-state index contributed by atoms with van der Waals surface area (Å²) in [5, 5.41) is 2.65. The fourth-order valence-corrected chi connectivity index (χ4v) is 4.01. The van der Waals surface area contributed by atoms with Gasteiger partial charge in [-0.3, -0.25) is 0 Å². The lowest BCUT2D eigenvalue weighted by Crippen LogP contribution is -1.98. The predicted octanol–water partition coefficient (Wildman–Crippen LogP) is 5.90. The van der Waals surface area contributed by atoms with Crippen LogP contribution >= 0.6 is 22.9 Å². The van der Waals surface area contributed by atoms with E-state index in [1.807, 2.05) is 41.8 Å². The topological polar surface area (TPSA) is 61.5 Å². The van der Waals surface area contributed by atoms with Crippen LogP contribution in [0.25, 0.3) is 28.3 Å². The summed E-state index contributed by atoms with van der Waals surface area (Å²) in [6.07, 6.45) is 3.22. The molecule has 0 saturated heterocycles. The van der Waals surface area contributed by atoms with Gasteiger partial charge in [-0.25, -0.2) is 4.79 Å². The first kappa shape index (κ1) is 20.0. The second-order valence-corrected chi connectivity index (χ2v) is 7.29. The molecule has 0 aliphatic rings. The first-order valence-corrected chi connectivity index (χ1v) is 9.95. The van der Waals surface area contributed by atoms with Crippen LogP contribution in [0.3, 0.4) is 0 Å². The van der Waals surface area contributed by atoms with E-state index in [9.17, 15) is 4.79 Å². The van der Waals surface area contributed by atoms with Crippen LogP contribution in [0.5, 0.6) is 5.75 Å². The fourth-order valence-electron chi connectivity index (χ4n) is 2.86. The van der Waals surface area contributed by atoms with Gasteiger partial charge >= 0.3 is 5.97 Å². The Morgan fingerprint density at radius 3 is 2.61 bits per heavy atom. The van der Waals surface area contributed by atoms with Gasteiger partial charge in [-0.2, -0.15) is 0 Å². The normalized spacial score (nSPS) is 11.0. The molecule has 0 aliphatic heterocycles. The average molecular weight is 414 g/mol. The number of rotatable bonds is 6. The van der Waals surface area contributed by atoms with Crippen molar-refractivity contribution in [3.8, 4) is 28.0 Å². The molecule has 0 fully saturated rings. The molecule has 6 heteroatoms. The Morgan fingerprint density at radius 1 is 1.18 bits per heavy atom. The van der Waals surface area contributed by atoms with Gasteiger partial charge in [0.05, 0.1) is 13.7 Å². The number of esters is 1. The summed E-state index contributed by atoms with van der Waals surface area (Å²) < 4.78 is 10.5. The predicted molar refractivity (Wildman–Crippen MR) is 117 cm³/mol. The zero-order valence-electron chi connectivity index (χ0n) is 15.6. The number of benzene rings is 2. The van der Waals surface area contributed by atoms with Crippen molar-refractivity contribution in [1.29, 1.82) is 0 Å². The Hall–Kier alpha value is -2.76. The van der Waals surface area contributed by atoms with E-state index < -0.39 is 0 Å². The fraction of sp³-hybridized carbons (Fsp3) is 0.136. The first-order valence-electron chi connectivity index (χ1n) is 8.69. The van der Waals surface area contributed by atoms with Crippen LogP contribution in [0.1, 0.15) is 11.8 Å². The molecule has 0 aliphatic carbocycles. The molecule has 4 nitrogen and oxygen atoms in total. The highest BCUT2D eigenvalue weighted by molar-refractivity contribution is 7.12. The van der Waals surface area contributed by atoms with Crippen molar-refractivity contribution in [1.82, 2.24) is 0 Å². The maximum Gasteiger partial charge on any atom is 0.330 e. The Kier molecular flexibility index (Phi) is 6.39. The highest BCUT2D eigenvalue weighted by Crippen LogP contribution is 2.44. The molecule has 0 unspecified atom stereocenters. The molecule has 0 amide bonds. The van der Waals surface area contributed by atoms with Crippen LogP contribution in [0.4, 0.5) is 5.69 Å². The third-order valence-corrected chi connectivity index (χ3v) is 5.31. The standard InChI is InChI=1S/C22H20ClNO3S/c1-3-27-21(25)11-10-20-22(14-4-7-16(24)8-5-14)18(13-28-20)17-9-6-15(23)12-19(17)26-2/h4-13H,3,24H2,1-2H3/b11-10+. The quantitative estimate of drug-likeness (QED) is 0.310. The van der Waals surface area contributed by atoms with Crippen molar-refractivity contribution in [2.45, 2.75) is 6.92 Å². The first-order chi connectivity index (χ1) is 13.5. The van der Waals surface area contributed by atoms with Crippen LogP contribution in [0.15, 0.2) is 53.9 Å². The van der Waals surface area contributed by atoms with Crippen LogP contribution < -0.4 is 10.5 Å². The number of anilines is 1. The molecule has 1 heterocycles. The molecule has 3 aromatic rings. The smallest absolute Gasteiger partial charge is 0.330 e. The molecule has 3 rings (SSSR count). The summed E-state index contributed by atoms with van der Waals surface area (Å²) >= 11 is 7.66. The third-order valence-electron chi connectivity index (χ3n) is 4.13. The molecule has 0 saturated carbocycles. The van der Waals surface area contributed by atoms with Gasteiger partial charge in [-0.15, -0.1) is 11.3 Å². The molecule has 0 bridgehead atoms. The van der Waals surface area contributed by atoms with Gasteiger partial charge in [0.25, 0.3) is 0 Å². The van der Waals surface area contributed by atoms with E-state index in [1.54, 1.807) is 26.2 Å². The number of halogens is 1. The number of hydrogen-bond acceptors (Lipinski definition) is 5.